The zero-order chi connectivity index (χ0) is 19.1. The quantitative estimate of drug-likeness (QED) is 0.531. The third-order valence-electron chi connectivity index (χ3n) is 3.51. The Bertz CT molecular complexity index is 899. The molecule has 26 heavy (non-hydrogen) atoms. The molecule has 0 radical (unpaired) electrons. The highest BCUT2D eigenvalue weighted by Gasteiger charge is 2.11. The molecule has 132 valence electrons. The van der Waals surface area contributed by atoms with Crippen LogP contribution in [0.3, 0.4) is 0 Å². The molecule has 2 aromatic rings. The van der Waals surface area contributed by atoms with Crippen molar-refractivity contribution in [3.05, 3.63) is 70.4 Å². The van der Waals surface area contributed by atoms with Crippen molar-refractivity contribution in [3.63, 3.8) is 0 Å². The molecule has 0 spiro atoms. The Balaban J connectivity index is 2.07. The number of aliphatic carboxylic acids is 1. The Morgan fingerprint density at radius 3 is 2.54 bits per heavy atom. The first kappa shape index (κ1) is 19.0. The molecule has 0 saturated heterocycles. The number of nitriles is 1. The number of amides is 1. The molecule has 2 rings (SSSR count). The van der Waals surface area contributed by atoms with Gasteiger partial charge in [-0.05, 0) is 42.3 Å². The number of rotatable bonds is 6. The second kappa shape index (κ2) is 8.70. The lowest BCUT2D eigenvalue weighted by molar-refractivity contribution is -0.136. The molecule has 0 aliphatic rings. The van der Waals surface area contributed by atoms with E-state index in [1.165, 1.54) is 6.20 Å². The lowest BCUT2D eigenvalue weighted by Crippen LogP contribution is -2.15. The first-order valence-electron chi connectivity index (χ1n) is 7.64. The minimum atomic E-state index is -0.912. The summed E-state index contributed by atoms with van der Waals surface area (Å²) in [4.78, 5) is 22.9. The molecule has 3 N–H and O–H groups in total. The maximum Gasteiger partial charge on any atom is 0.307 e. The van der Waals surface area contributed by atoms with Crippen LogP contribution in [0.15, 0.2) is 54.2 Å². The van der Waals surface area contributed by atoms with Crippen molar-refractivity contribution in [2.75, 3.05) is 10.6 Å². The number of nitrogens with zero attached hydrogens (tertiary/aromatic N) is 1. The van der Waals surface area contributed by atoms with Crippen LogP contribution in [0.4, 0.5) is 11.4 Å². The van der Waals surface area contributed by atoms with E-state index < -0.39 is 11.9 Å². The van der Waals surface area contributed by atoms with Crippen molar-refractivity contribution in [1.29, 1.82) is 5.26 Å². The Labute approximate surface area is 155 Å². The number of carboxylic acid groups (broad SMARTS) is 1. The summed E-state index contributed by atoms with van der Waals surface area (Å²) in [7, 11) is 0. The van der Waals surface area contributed by atoms with Gasteiger partial charge in [0.1, 0.15) is 11.6 Å². The van der Waals surface area contributed by atoms with E-state index in [9.17, 15) is 14.9 Å². The molecule has 7 heteroatoms. The van der Waals surface area contributed by atoms with Gasteiger partial charge in [0.2, 0.25) is 0 Å². The van der Waals surface area contributed by atoms with Crippen LogP contribution in [0.1, 0.15) is 11.1 Å². The summed E-state index contributed by atoms with van der Waals surface area (Å²) in [6.07, 6.45) is 1.22. The molecule has 0 aromatic heterocycles. The van der Waals surface area contributed by atoms with Gasteiger partial charge >= 0.3 is 5.97 Å². The Kier molecular flexibility index (Phi) is 6.36. The molecule has 0 saturated carbocycles. The van der Waals surface area contributed by atoms with E-state index in [1.54, 1.807) is 42.5 Å². The highest BCUT2D eigenvalue weighted by Crippen LogP contribution is 2.20. The minimum Gasteiger partial charge on any atom is -0.481 e. The molecule has 0 heterocycles. The predicted molar refractivity (Wildman–Crippen MR) is 99.9 cm³/mol. The summed E-state index contributed by atoms with van der Waals surface area (Å²) in [5.41, 5.74) is 2.52. The van der Waals surface area contributed by atoms with Gasteiger partial charge in [-0.25, -0.2) is 0 Å². The number of anilines is 2. The normalized spacial score (nSPS) is 10.7. The third kappa shape index (κ3) is 5.36. The fourth-order valence-electron chi connectivity index (χ4n) is 2.12. The molecule has 1 amide bonds. The highest BCUT2D eigenvalue weighted by molar-refractivity contribution is 6.31. The van der Waals surface area contributed by atoms with Gasteiger partial charge in [0, 0.05) is 22.6 Å². The van der Waals surface area contributed by atoms with Crippen molar-refractivity contribution >= 4 is 34.9 Å². The molecule has 0 aliphatic heterocycles. The van der Waals surface area contributed by atoms with E-state index in [0.717, 1.165) is 5.56 Å². The van der Waals surface area contributed by atoms with Crippen LogP contribution in [-0.4, -0.2) is 17.0 Å². The molecule has 0 aliphatic carbocycles. The number of carbonyl (C=O) groups excluding carboxylic acids is 1. The second-order valence-corrected chi connectivity index (χ2v) is 5.93. The highest BCUT2D eigenvalue weighted by atomic mass is 35.5. The molecule has 2 aromatic carbocycles. The minimum absolute atomic E-state index is 0.0685. The summed E-state index contributed by atoms with van der Waals surface area (Å²) < 4.78 is 0. The molecule has 0 unspecified atom stereocenters. The SMILES string of the molecule is Cc1ccc(Cl)cc1NC(=O)/C(C#N)=C\Nc1ccc(CC(=O)O)cc1. The second-order valence-electron chi connectivity index (χ2n) is 5.49. The van der Waals surface area contributed by atoms with E-state index in [-0.39, 0.29) is 12.0 Å². The van der Waals surface area contributed by atoms with Crippen LogP contribution < -0.4 is 10.6 Å². The summed E-state index contributed by atoms with van der Waals surface area (Å²) in [5.74, 6) is -1.47. The zero-order valence-electron chi connectivity index (χ0n) is 13.9. The summed E-state index contributed by atoms with van der Waals surface area (Å²) in [6.45, 7) is 1.82. The number of carbonyl (C=O) groups is 2. The fourth-order valence-corrected chi connectivity index (χ4v) is 2.29. The lowest BCUT2D eigenvalue weighted by atomic mass is 10.1. The van der Waals surface area contributed by atoms with Gasteiger partial charge in [0.05, 0.1) is 6.42 Å². The van der Waals surface area contributed by atoms with E-state index in [4.69, 9.17) is 16.7 Å². The van der Waals surface area contributed by atoms with Gasteiger partial charge in [-0.15, -0.1) is 0 Å². The maximum absolute atomic E-state index is 12.3. The van der Waals surface area contributed by atoms with E-state index in [0.29, 0.717) is 22.0 Å². The molecule has 0 fully saturated rings. The number of benzene rings is 2. The summed E-state index contributed by atoms with van der Waals surface area (Å²) in [6, 6.07) is 13.6. The van der Waals surface area contributed by atoms with Gasteiger partial charge in [0.15, 0.2) is 0 Å². The van der Waals surface area contributed by atoms with Crippen LogP contribution in [0.5, 0.6) is 0 Å². The predicted octanol–water partition coefficient (Wildman–Crippen LogP) is 3.73. The van der Waals surface area contributed by atoms with Crippen LogP contribution in [0.25, 0.3) is 0 Å². The van der Waals surface area contributed by atoms with Crippen molar-refractivity contribution in [2.24, 2.45) is 0 Å². The van der Waals surface area contributed by atoms with E-state index in [1.807, 2.05) is 13.0 Å². The van der Waals surface area contributed by atoms with Crippen LogP contribution in [0, 0.1) is 18.3 Å². The Hall–Kier alpha value is -3.30. The van der Waals surface area contributed by atoms with Crippen molar-refractivity contribution in [1.82, 2.24) is 0 Å². The number of hydrogen-bond acceptors (Lipinski definition) is 4. The average molecular weight is 370 g/mol. The van der Waals surface area contributed by atoms with Gasteiger partial charge in [-0.2, -0.15) is 5.26 Å². The smallest absolute Gasteiger partial charge is 0.307 e. The Morgan fingerprint density at radius 2 is 1.92 bits per heavy atom. The average Bonchev–Trinajstić information content (AvgIpc) is 2.59. The number of nitrogens with one attached hydrogen (secondary N) is 2. The number of aryl methyl sites for hydroxylation is 1. The first-order chi connectivity index (χ1) is 12.4. The largest absolute Gasteiger partial charge is 0.481 e. The number of carboxylic acids is 1. The molecule has 0 atom stereocenters. The van der Waals surface area contributed by atoms with Crippen molar-refractivity contribution in [3.8, 4) is 6.07 Å². The van der Waals surface area contributed by atoms with E-state index in [2.05, 4.69) is 10.6 Å². The van der Waals surface area contributed by atoms with Gasteiger partial charge in [-0.3, -0.25) is 9.59 Å². The Morgan fingerprint density at radius 1 is 1.23 bits per heavy atom. The molecule has 6 nitrogen and oxygen atoms in total. The monoisotopic (exact) mass is 369 g/mol. The van der Waals surface area contributed by atoms with Gasteiger partial charge < -0.3 is 15.7 Å². The summed E-state index contributed by atoms with van der Waals surface area (Å²) >= 11 is 5.92. The zero-order valence-corrected chi connectivity index (χ0v) is 14.7. The lowest BCUT2D eigenvalue weighted by Gasteiger charge is -2.08. The third-order valence-corrected chi connectivity index (χ3v) is 3.74. The van der Waals surface area contributed by atoms with Crippen LogP contribution in [-0.2, 0) is 16.0 Å². The number of hydrogen-bond donors (Lipinski definition) is 3. The standard InChI is InChI=1S/C19H16ClN3O3/c1-12-2-5-15(20)9-17(12)23-19(26)14(10-21)11-22-16-6-3-13(4-7-16)8-18(24)25/h2-7,9,11,22H,8H2,1H3,(H,23,26)(H,24,25)/b14-11-. The molecular formula is C19H16ClN3O3. The molecular weight excluding hydrogens is 354 g/mol. The first-order valence-corrected chi connectivity index (χ1v) is 8.02. The number of halogens is 1. The van der Waals surface area contributed by atoms with Crippen molar-refractivity contribution in [2.45, 2.75) is 13.3 Å². The van der Waals surface area contributed by atoms with E-state index >= 15 is 0 Å². The van der Waals surface area contributed by atoms with Crippen molar-refractivity contribution < 1.29 is 14.7 Å². The van der Waals surface area contributed by atoms with Crippen LogP contribution >= 0.6 is 11.6 Å². The van der Waals surface area contributed by atoms with Crippen LogP contribution in [0.2, 0.25) is 5.02 Å². The topological polar surface area (TPSA) is 102 Å². The maximum atomic E-state index is 12.3. The van der Waals surface area contributed by atoms with Gasteiger partial charge in [0.25, 0.3) is 5.91 Å². The van der Waals surface area contributed by atoms with Gasteiger partial charge in [-0.1, -0.05) is 29.8 Å². The molecule has 0 bridgehead atoms. The summed E-state index contributed by atoms with van der Waals surface area (Å²) in [5, 5.41) is 23.9. The fraction of sp³-hybridized carbons (Fsp3) is 0.105.